The van der Waals surface area contributed by atoms with E-state index in [9.17, 15) is 4.79 Å². The van der Waals surface area contributed by atoms with Crippen LogP contribution in [0.2, 0.25) is 0 Å². The van der Waals surface area contributed by atoms with Crippen molar-refractivity contribution >= 4 is 5.97 Å². The number of piperidine rings is 1. The van der Waals surface area contributed by atoms with Crippen LogP contribution in [0.5, 0.6) is 11.5 Å². The number of methoxy groups -OCH3 is 2. The molecule has 30 heavy (non-hydrogen) atoms. The highest BCUT2D eigenvalue weighted by Crippen LogP contribution is 2.44. The fraction of sp³-hybridized carbons (Fsp3) is 0.708. The lowest BCUT2D eigenvalue weighted by Gasteiger charge is -2.47. The van der Waals surface area contributed by atoms with E-state index in [0.717, 1.165) is 7.11 Å². The number of carbonyl (C=O) groups excluding carboxylic acids is 1. The van der Waals surface area contributed by atoms with Gasteiger partial charge in [0, 0.05) is 54.7 Å². The van der Waals surface area contributed by atoms with E-state index in [0.29, 0.717) is 11.8 Å². The second-order valence-electron chi connectivity index (χ2n) is 6.75. The molecule has 4 unspecified atom stereocenters. The van der Waals surface area contributed by atoms with Crippen molar-refractivity contribution < 1.29 is 50.5 Å². The lowest BCUT2D eigenvalue weighted by atomic mass is 9.79. The smallest absolute Gasteiger partial charge is 0.323 e. The van der Waals surface area contributed by atoms with Gasteiger partial charge in [-0.25, -0.2) is 0 Å². The van der Waals surface area contributed by atoms with Crippen LogP contribution >= 0.6 is 0 Å². The Balaban J connectivity index is 2.42. The first-order valence-corrected chi connectivity index (χ1v) is 8.89. The van der Waals surface area contributed by atoms with E-state index in [4.69, 9.17) is 51.5 Å². The van der Waals surface area contributed by atoms with Gasteiger partial charge >= 0.3 is 5.97 Å². The first-order valence-electron chi connectivity index (χ1n) is 20.4. The van der Waals surface area contributed by atoms with E-state index in [1.165, 1.54) is 0 Å². The van der Waals surface area contributed by atoms with E-state index in [1.807, 2.05) is 0 Å². The Hall–Kier alpha value is -1.79. The SMILES string of the molecule is [2H]c1c(OC)c(OC([2H])([2H])[2H])c([2H])c2c1C1CC(OC(=O)[C@@]([2H])(N)C([2H])(C([2H])([2H])[2H])C([2H])([2H])[2H])C(C([2H])([2H])C([2H])(C)C([2H])([2H])[2H])CN1C([2H])([2H])C2([2H])[2H]. The lowest BCUT2D eigenvalue weighted by Crippen LogP contribution is -2.51. The predicted molar refractivity (Wildman–Crippen MR) is 118 cm³/mol. The van der Waals surface area contributed by atoms with Crippen LogP contribution in [0, 0.1) is 17.7 Å². The van der Waals surface area contributed by atoms with Gasteiger partial charge in [-0.05, 0) is 47.7 Å². The zero-order valence-corrected chi connectivity index (χ0v) is 16.3. The van der Waals surface area contributed by atoms with Crippen molar-refractivity contribution in [2.75, 3.05) is 27.2 Å². The van der Waals surface area contributed by atoms with Gasteiger partial charge in [-0.2, -0.15) is 0 Å². The van der Waals surface area contributed by atoms with Crippen LogP contribution in [0.1, 0.15) is 89.0 Å². The molecule has 0 radical (unpaired) electrons. The molecule has 0 amide bonds. The van der Waals surface area contributed by atoms with Crippen LogP contribution in [0.4, 0.5) is 0 Å². The van der Waals surface area contributed by atoms with Crippen LogP contribution in [0.15, 0.2) is 12.1 Å². The summed E-state index contributed by atoms with van der Waals surface area (Å²) in [6, 6.07) is -7.71. The molecule has 1 aromatic carbocycles. The summed E-state index contributed by atoms with van der Waals surface area (Å²) < 4.78 is 204. The fourth-order valence-electron chi connectivity index (χ4n) is 3.39. The predicted octanol–water partition coefficient (Wildman–Crippen LogP) is 3.56. The Bertz CT molecular complexity index is 1580. The Morgan fingerprint density at radius 1 is 1.43 bits per heavy atom. The third-order valence-corrected chi connectivity index (χ3v) is 4.75. The normalized spacial score (nSPS) is 45.0. The van der Waals surface area contributed by atoms with Crippen molar-refractivity contribution in [2.45, 2.75) is 64.8 Å². The van der Waals surface area contributed by atoms with E-state index in [2.05, 4.69) is 0 Å². The number of benzene rings is 1. The molecule has 0 saturated carbocycles. The number of rotatable bonds is 7. The van der Waals surface area contributed by atoms with Crippen molar-refractivity contribution in [3.8, 4) is 11.5 Å². The third-order valence-electron chi connectivity index (χ3n) is 4.75. The number of hydrogen-bond acceptors (Lipinski definition) is 6. The molecule has 6 heteroatoms. The first kappa shape index (κ1) is 7.38. The molecular weight excluding hydrogens is 380 g/mol. The van der Waals surface area contributed by atoms with Crippen LogP contribution in [0.3, 0.4) is 0 Å². The molecule has 3 rings (SSSR count). The summed E-state index contributed by atoms with van der Waals surface area (Å²) in [5, 5.41) is 0. The summed E-state index contributed by atoms with van der Waals surface area (Å²) in [5.74, 6) is -13.4. The summed E-state index contributed by atoms with van der Waals surface area (Å²) in [6.07, 6.45) is -9.95. The topological polar surface area (TPSA) is 74.0 Å². The minimum absolute atomic E-state index is 0.584. The highest BCUT2D eigenvalue weighted by Gasteiger charge is 2.41. The maximum atomic E-state index is 13.7. The van der Waals surface area contributed by atoms with Crippen molar-refractivity contribution in [2.24, 2.45) is 23.4 Å². The number of esters is 1. The van der Waals surface area contributed by atoms with Crippen molar-refractivity contribution in [1.82, 2.24) is 4.90 Å². The van der Waals surface area contributed by atoms with Crippen LogP contribution in [-0.4, -0.2) is 50.2 Å². The van der Waals surface area contributed by atoms with Crippen LogP contribution in [0.25, 0.3) is 0 Å². The number of hydrogen-bond donors (Lipinski definition) is 1. The number of ether oxygens (including phenoxy) is 3. The monoisotopic (exact) mass is 441 g/mol. The summed E-state index contributed by atoms with van der Waals surface area (Å²) in [4.78, 5) is 14.3. The Kier molecular flexibility index (Phi) is 2.35. The Morgan fingerprint density at radius 2 is 2.23 bits per heavy atom. The highest BCUT2D eigenvalue weighted by molar-refractivity contribution is 5.76. The van der Waals surface area contributed by atoms with E-state index >= 15 is 0 Å². The average Bonchev–Trinajstić information content (AvgIpc) is 2.94. The molecule has 0 bridgehead atoms. The van der Waals surface area contributed by atoms with Crippen molar-refractivity contribution in [3.63, 3.8) is 0 Å². The minimum atomic E-state index is -4.10. The summed E-state index contributed by atoms with van der Waals surface area (Å²) >= 11 is 0. The molecule has 1 aromatic rings. The van der Waals surface area contributed by atoms with Crippen LogP contribution in [-0.2, 0) is 15.9 Å². The van der Waals surface area contributed by atoms with Gasteiger partial charge in [0.15, 0.2) is 11.5 Å². The summed E-state index contributed by atoms with van der Waals surface area (Å²) in [6.45, 7) is -15.2. The third kappa shape index (κ3) is 4.75. The molecule has 2 heterocycles. The number of nitrogens with zero attached hydrogens (tertiary/aromatic N) is 1. The zero-order chi connectivity index (χ0) is 41.9. The average molecular weight is 442 g/mol. The molecule has 1 fully saturated rings. The molecule has 2 aliphatic rings. The summed E-state index contributed by atoms with van der Waals surface area (Å²) in [5.41, 5.74) is 4.17. The molecule has 2 N–H and O–H groups in total. The van der Waals surface area contributed by atoms with E-state index < -0.39 is 136 Å². The fourth-order valence-corrected chi connectivity index (χ4v) is 3.39. The maximum absolute atomic E-state index is 13.7. The van der Waals surface area contributed by atoms with Gasteiger partial charge < -0.3 is 19.9 Å². The number of nitrogens with two attached hydrogens (primary N) is 1. The van der Waals surface area contributed by atoms with Crippen molar-refractivity contribution in [1.29, 1.82) is 0 Å². The van der Waals surface area contributed by atoms with Gasteiger partial charge in [-0.1, -0.05) is 27.5 Å². The highest BCUT2D eigenvalue weighted by atomic mass is 16.5. The molecule has 0 spiro atoms. The largest absolute Gasteiger partial charge is 0.493 e. The Labute approximate surface area is 213 Å². The molecular formula is C24H38N2O4. The van der Waals surface area contributed by atoms with Gasteiger partial charge in [0.2, 0.25) is 0 Å². The van der Waals surface area contributed by atoms with Crippen LogP contribution < -0.4 is 15.2 Å². The quantitative estimate of drug-likeness (QED) is 0.652. The van der Waals surface area contributed by atoms with E-state index in [1.54, 1.807) is 0 Å². The lowest BCUT2D eigenvalue weighted by molar-refractivity contribution is -0.160. The van der Waals surface area contributed by atoms with Gasteiger partial charge in [0.25, 0.3) is 0 Å². The molecule has 1 saturated heterocycles. The maximum Gasteiger partial charge on any atom is 0.323 e. The minimum Gasteiger partial charge on any atom is -0.493 e. The molecule has 5 atom stereocenters. The van der Waals surface area contributed by atoms with Gasteiger partial charge in [0.05, 0.1) is 22.4 Å². The number of fused-ring (bicyclic) bond motifs is 3. The van der Waals surface area contributed by atoms with Gasteiger partial charge in [0.1, 0.15) is 12.1 Å². The van der Waals surface area contributed by atoms with Gasteiger partial charge in [-0.3, -0.25) is 9.69 Å². The zero-order valence-electron chi connectivity index (χ0n) is 39.3. The standard InChI is InChI=1S/C24H38N2O4/c1-14(2)9-17-13-26-8-7-16-10-21(28-5)22(29-6)11-18(16)19(26)12-20(17)30-24(27)23(25)15(3)4/h10-11,14-15,17,19-20,23H,7-9,12-13,25H2,1-6H3/t17?,19?,20?,23-/m0/s1/i1D3,3D3,4D3,5D3,7D2,8D2,9D2,10D,11D,14D,15D,23D/t14?,17?,19?,20?,23-. The molecule has 6 nitrogen and oxygen atoms in total. The molecule has 2 aliphatic heterocycles. The summed E-state index contributed by atoms with van der Waals surface area (Å²) in [7, 11) is -2.34. The van der Waals surface area contributed by atoms with Gasteiger partial charge in [-0.15, -0.1) is 0 Å². The molecule has 0 aliphatic carbocycles. The van der Waals surface area contributed by atoms with Crippen molar-refractivity contribution in [3.05, 3.63) is 23.2 Å². The number of carbonyl (C=O) groups is 1. The Morgan fingerprint density at radius 3 is 2.93 bits per heavy atom. The molecule has 0 aromatic heterocycles. The van der Waals surface area contributed by atoms with E-state index in [-0.39, 0.29) is 0 Å². The second-order valence-corrected chi connectivity index (χ2v) is 6.75. The molecule has 168 valence electrons. The first-order chi connectivity index (χ1) is 23.2. The second kappa shape index (κ2) is 9.56.